The van der Waals surface area contributed by atoms with Crippen LogP contribution in [0.3, 0.4) is 0 Å². The number of nitrogens with zero attached hydrogens (tertiary/aromatic N) is 2. The highest BCUT2D eigenvalue weighted by molar-refractivity contribution is 7.21. The van der Waals surface area contributed by atoms with E-state index in [0.29, 0.717) is 26.1 Å². The van der Waals surface area contributed by atoms with Crippen molar-refractivity contribution in [3.05, 3.63) is 70.2 Å². The van der Waals surface area contributed by atoms with Gasteiger partial charge in [0.05, 0.1) is 17.1 Å². The first-order valence-electron chi connectivity index (χ1n) is 8.21. The summed E-state index contributed by atoms with van der Waals surface area (Å²) in [6.45, 7) is 1.90. The molecule has 3 heterocycles. The number of rotatable bonds is 3. The number of benzene rings is 1. The van der Waals surface area contributed by atoms with Crippen LogP contribution in [-0.2, 0) is 0 Å². The van der Waals surface area contributed by atoms with E-state index >= 15 is 0 Å². The van der Waals surface area contributed by atoms with Crippen LogP contribution in [0.4, 0.5) is 11.4 Å². The fourth-order valence-electron chi connectivity index (χ4n) is 2.73. The van der Waals surface area contributed by atoms with Crippen molar-refractivity contribution in [1.82, 2.24) is 9.97 Å². The predicted octanol–water partition coefficient (Wildman–Crippen LogP) is 5.15. The number of halogens is 1. The molecule has 3 N–H and O–H groups in total. The van der Waals surface area contributed by atoms with Gasteiger partial charge in [-0.15, -0.1) is 11.3 Å². The van der Waals surface area contributed by atoms with Crippen LogP contribution in [0.15, 0.2) is 54.7 Å². The molecule has 0 saturated heterocycles. The van der Waals surface area contributed by atoms with Gasteiger partial charge in [0, 0.05) is 22.3 Å². The molecule has 0 spiro atoms. The van der Waals surface area contributed by atoms with Crippen LogP contribution in [0.25, 0.3) is 21.6 Å². The molecule has 0 aliphatic rings. The Morgan fingerprint density at radius 2 is 2.00 bits per heavy atom. The Morgan fingerprint density at radius 3 is 2.78 bits per heavy atom. The molecule has 4 rings (SSSR count). The van der Waals surface area contributed by atoms with Crippen molar-refractivity contribution in [3.63, 3.8) is 0 Å². The lowest BCUT2D eigenvalue weighted by Gasteiger charge is -2.08. The standard InChI is InChI=1S/C20H15ClN4OS/c1-11-5-6-12(21)10-16(11)24-19(26)18-17(22)13-7-8-15(25-20(13)27-18)14-4-2-3-9-23-14/h2-10H,22H2,1H3,(H,24,26). The van der Waals surface area contributed by atoms with Crippen molar-refractivity contribution in [2.45, 2.75) is 6.92 Å². The molecule has 1 amide bonds. The van der Waals surface area contributed by atoms with Gasteiger partial charge in [0.15, 0.2) is 0 Å². The molecule has 0 fully saturated rings. The molecule has 0 aliphatic heterocycles. The van der Waals surface area contributed by atoms with Gasteiger partial charge in [-0.3, -0.25) is 9.78 Å². The van der Waals surface area contributed by atoms with E-state index in [1.165, 1.54) is 11.3 Å². The zero-order valence-electron chi connectivity index (χ0n) is 14.4. The van der Waals surface area contributed by atoms with Gasteiger partial charge >= 0.3 is 0 Å². The van der Waals surface area contributed by atoms with Crippen molar-refractivity contribution < 1.29 is 4.79 Å². The third kappa shape index (κ3) is 3.37. The maximum atomic E-state index is 12.8. The number of hydrogen-bond donors (Lipinski definition) is 2. The summed E-state index contributed by atoms with van der Waals surface area (Å²) in [6, 6.07) is 14.7. The third-order valence-corrected chi connectivity index (χ3v) is 5.52. The monoisotopic (exact) mass is 394 g/mol. The lowest BCUT2D eigenvalue weighted by Crippen LogP contribution is -2.12. The highest BCUT2D eigenvalue weighted by Gasteiger charge is 2.18. The van der Waals surface area contributed by atoms with Crippen molar-refractivity contribution in [2.75, 3.05) is 11.1 Å². The molecule has 4 aromatic rings. The minimum Gasteiger partial charge on any atom is -0.397 e. The molecule has 0 atom stereocenters. The van der Waals surface area contributed by atoms with Gasteiger partial charge in [-0.05, 0) is 48.9 Å². The molecule has 0 aliphatic carbocycles. The Bertz CT molecular complexity index is 1160. The maximum Gasteiger partial charge on any atom is 0.267 e. The smallest absolute Gasteiger partial charge is 0.267 e. The van der Waals surface area contributed by atoms with Gasteiger partial charge in [0.2, 0.25) is 0 Å². The highest BCUT2D eigenvalue weighted by atomic mass is 35.5. The van der Waals surface area contributed by atoms with Crippen LogP contribution in [0, 0.1) is 6.92 Å². The van der Waals surface area contributed by atoms with E-state index in [9.17, 15) is 4.79 Å². The highest BCUT2D eigenvalue weighted by Crippen LogP contribution is 2.34. The minimum atomic E-state index is -0.278. The van der Waals surface area contributed by atoms with E-state index in [2.05, 4.69) is 15.3 Å². The van der Waals surface area contributed by atoms with Crippen molar-refractivity contribution >= 4 is 50.4 Å². The quantitative estimate of drug-likeness (QED) is 0.503. The van der Waals surface area contributed by atoms with E-state index in [1.807, 2.05) is 43.3 Å². The number of aryl methyl sites for hydroxylation is 1. The first kappa shape index (κ1) is 17.5. The van der Waals surface area contributed by atoms with Crippen LogP contribution in [0.1, 0.15) is 15.2 Å². The largest absolute Gasteiger partial charge is 0.397 e. The molecule has 0 bridgehead atoms. The predicted molar refractivity (Wildman–Crippen MR) is 111 cm³/mol. The van der Waals surface area contributed by atoms with Gasteiger partial charge in [-0.2, -0.15) is 0 Å². The second-order valence-electron chi connectivity index (χ2n) is 6.02. The first-order valence-corrected chi connectivity index (χ1v) is 9.40. The number of hydrogen-bond acceptors (Lipinski definition) is 5. The number of amides is 1. The molecule has 0 unspecified atom stereocenters. The topological polar surface area (TPSA) is 80.9 Å². The minimum absolute atomic E-state index is 0.278. The number of nitrogens with two attached hydrogens (primary N) is 1. The number of nitrogen functional groups attached to an aromatic ring is 1. The normalized spacial score (nSPS) is 10.9. The number of pyridine rings is 2. The molecule has 134 valence electrons. The van der Waals surface area contributed by atoms with E-state index in [4.69, 9.17) is 17.3 Å². The molecule has 5 nitrogen and oxygen atoms in total. The van der Waals surface area contributed by atoms with Crippen LogP contribution in [0.5, 0.6) is 0 Å². The number of aromatic nitrogens is 2. The molecule has 0 saturated carbocycles. The van der Waals surface area contributed by atoms with Crippen LogP contribution >= 0.6 is 22.9 Å². The summed E-state index contributed by atoms with van der Waals surface area (Å²) in [7, 11) is 0. The SMILES string of the molecule is Cc1ccc(Cl)cc1NC(=O)c1sc2nc(-c3ccccn3)ccc2c1N. The molecule has 1 aromatic carbocycles. The third-order valence-electron chi connectivity index (χ3n) is 4.18. The first-order chi connectivity index (χ1) is 13.0. The fraction of sp³-hybridized carbons (Fsp3) is 0.0500. The molecule has 3 aromatic heterocycles. The lowest BCUT2D eigenvalue weighted by atomic mass is 10.2. The Morgan fingerprint density at radius 1 is 1.15 bits per heavy atom. The number of thiophene rings is 1. The van der Waals surface area contributed by atoms with Gasteiger partial charge in [-0.1, -0.05) is 23.7 Å². The molecular weight excluding hydrogens is 380 g/mol. The van der Waals surface area contributed by atoms with E-state index in [-0.39, 0.29) is 5.91 Å². The summed E-state index contributed by atoms with van der Waals surface area (Å²) in [5, 5.41) is 4.20. The van der Waals surface area contributed by atoms with Crippen molar-refractivity contribution in [1.29, 1.82) is 0 Å². The maximum absolute atomic E-state index is 12.8. The molecule has 27 heavy (non-hydrogen) atoms. The van der Waals surface area contributed by atoms with Gasteiger partial charge in [0.25, 0.3) is 5.91 Å². The van der Waals surface area contributed by atoms with Gasteiger partial charge in [-0.25, -0.2) is 4.98 Å². The summed E-state index contributed by atoms with van der Waals surface area (Å²) in [6.07, 6.45) is 1.72. The van der Waals surface area contributed by atoms with E-state index < -0.39 is 0 Å². The Kier molecular flexibility index (Phi) is 4.51. The summed E-state index contributed by atoms with van der Waals surface area (Å²) < 4.78 is 0. The number of nitrogens with one attached hydrogen (secondary N) is 1. The number of fused-ring (bicyclic) bond motifs is 1. The number of carbonyl (C=O) groups is 1. The van der Waals surface area contributed by atoms with E-state index in [0.717, 1.165) is 22.3 Å². The van der Waals surface area contributed by atoms with Crippen LogP contribution in [-0.4, -0.2) is 15.9 Å². The zero-order chi connectivity index (χ0) is 19.0. The summed E-state index contributed by atoms with van der Waals surface area (Å²) in [5.74, 6) is -0.278. The van der Waals surface area contributed by atoms with Crippen molar-refractivity contribution in [3.8, 4) is 11.4 Å². The zero-order valence-corrected chi connectivity index (χ0v) is 15.9. The van der Waals surface area contributed by atoms with Gasteiger partial charge < -0.3 is 11.1 Å². The molecular formula is C20H15ClN4OS. The summed E-state index contributed by atoms with van der Waals surface area (Å²) in [5.41, 5.74) is 9.73. The fourth-order valence-corrected chi connectivity index (χ4v) is 3.89. The van der Waals surface area contributed by atoms with Crippen LogP contribution < -0.4 is 11.1 Å². The van der Waals surface area contributed by atoms with E-state index in [1.54, 1.807) is 18.3 Å². The Labute approximate surface area is 164 Å². The number of carbonyl (C=O) groups excluding carboxylic acids is 1. The average Bonchev–Trinajstić information content (AvgIpc) is 3.01. The average molecular weight is 395 g/mol. The molecule has 0 radical (unpaired) electrons. The molecule has 7 heteroatoms. The Balaban J connectivity index is 1.70. The lowest BCUT2D eigenvalue weighted by molar-refractivity contribution is 0.103. The van der Waals surface area contributed by atoms with Crippen LogP contribution in [0.2, 0.25) is 5.02 Å². The second kappa shape index (κ2) is 6.98. The van der Waals surface area contributed by atoms with Crippen molar-refractivity contribution in [2.24, 2.45) is 0 Å². The number of anilines is 2. The van der Waals surface area contributed by atoms with Gasteiger partial charge in [0.1, 0.15) is 9.71 Å². The summed E-state index contributed by atoms with van der Waals surface area (Å²) >= 11 is 7.29. The Hall–Kier alpha value is -2.96. The summed E-state index contributed by atoms with van der Waals surface area (Å²) in [4.78, 5) is 22.8. The second-order valence-corrected chi connectivity index (χ2v) is 7.46.